The Kier molecular flexibility index (Phi) is 5.16. The summed E-state index contributed by atoms with van der Waals surface area (Å²) in [5.41, 5.74) is 5.49. The van der Waals surface area contributed by atoms with Crippen LogP contribution in [0.3, 0.4) is 0 Å². The first kappa shape index (κ1) is 15.7. The fourth-order valence-electron chi connectivity index (χ4n) is 1.85. The van der Waals surface area contributed by atoms with E-state index in [-0.39, 0.29) is 18.9 Å². The van der Waals surface area contributed by atoms with Crippen LogP contribution in [0.25, 0.3) is 0 Å². The molecule has 1 rings (SSSR count). The zero-order valence-corrected chi connectivity index (χ0v) is 10.6. The molecule has 1 fully saturated rings. The number of halogens is 3. The third-order valence-electron chi connectivity index (χ3n) is 2.99. The average Bonchev–Trinajstić information content (AvgIpc) is 2.26. The summed E-state index contributed by atoms with van der Waals surface area (Å²) in [7, 11) is 0. The molecule has 0 radical (unpaired) electrons. The number of piperidine rings is 1. The number of rotatable bonds is 4. The Morgan fingerprint density at radius 2 is 2.16 bits per heavy atom. The number of nitrogens with one attached hydrogen (secondary N) is 2. The second kappa shape index (κ2) is 6.23. The van der Waals surface area contributed by atoms with Gasteiger partial charge in [-0.3, -0.25) is 9.59 Å². The molecule has 19 heavy (non-hydrogen) atoms. The zero-order valence-electron chi connectivity index (χ0n) is 10.6. The van der Waals surface area contributed by atoms with E-state index < -0.39 is 30.0 Å². The molecule has 3 unspecified atom stereocenters. The SMILES string of the molecule is CC(N)CCNC(=O)C1CCC(C(F)(F)F)NC1=O. The van der Waals surface area contributed by atoms with E-state index in [1.807, 2.05) is 5.32 Å². The van der Waals surface area contributed by atoms with Crippen molar-refractivity contribution in [1.29, 1.82) is 0 Å². The maximum Gasteiger partial charge on any atom is 0.408 e. The van der Waals surface area contributed by atoms with Crippen LogP contribution in [0.2, 0.25) is 0 Å². The summed E-state index contributed by atoms with van der Waals surface area (Å²) in [6.07, 6.45) is -4.29. The van der Waals surface area contributed by atoms with Crippen LogP contribution >= 0.6 is 0 Å². The summed E-state index contributed by atoms with van der Waals surface area (Å²) < 4.78 is 37.2. The average molecular weight is 281 g/mol. The lowest BCUT2D eigenvalue weighted by molar-refractivity contribution is -0.171. The highest BCUT2D eigenvalue weighted by Crippen LogP contribution is 2.28. The Bertz CT molecular complexity index is 345. The van der Waals surface area contributed by atoms with Gasteiger partial charge in [-0.05, 0) is 26.2 Å². The number of carbonyl (C=O) groups excluding carboxylic acids is 2. The Morgan fingerprint density at radius 3 is 2.63 bits per heavy atom. The van der Waals surface area contributed by atoms with Gasteiger partial charge in [0.25, 0.3) is 0 Å². The van der Waals surface area contributed by atoms with Gasteiger partial charge in [-0.15, -0.1) is 0 Å². The fraction of sp³-hybridized carbons (Fsp3) is 0.818. The van der Waals surface area contributed by atoms with E-state index in [4.69, 9.17) is 5.73 Å². The molecule has 1 saturated heterocycles. The van der Waals surface area contributed by atoms with Crippen molar-refractivity contribution in [3.05, 3.63) is 0 Å². The van der Waals surface area contributed by atoms with Crippen LogP contribution in [-0.4, -0.2) is 36.6 Å². The lowest BCUT2D eigenvalue weighted by Gasteiger charge is -2.29. The van der Waals surface area contributed by atoms with E-state index in [9.17, 15) is 22.8 Å². The molecule has 0 aromatic rings. The minimum atomic E-state index is -4.47. The smallest absolute Gasteiger partial charge is 0.355 e. The standard InChI is InChI=1S/C11H18F3N3O2/c1-6(15)4-5-16-9(18)7-2-3-8(11(12,13)14)17-10(7)19/h6-8H,2-5,15H2,1H3,(H,16,18)(H,17,19). The van der Waals surface area contributed by atoms with Gasteiger partial charge < -0.3 is 16.4 Å². The summed E-state index contributed by atoms with van der Waals surface area (Å²) in [5.74, 6) is -2.46. The van der Waals surface area contributed by atoms with Crippen molar-refractivity contribution in [2.45, 2.75) is 44.4 Å². The highest BCUT2D eigenvalue weighted by molar-refractivity contribution is 6.00. The van der Waals surface area contributed by atoms with Crippen molar-refractivity contribution in [3.63, 3.8) is 0 Å². The van der Waals surface area contributed by atoms with Crippen molar-refractivity contribution < 1.29 is 22.8 Å². The van der Waals surface area contributed by atoms with Crippen LogP contribution in [-0.2, 0) is 9.59 Å². The van der Waals surface area contributed by atoms with Crippen LogP contribution < -0.4 is 16.4 Å². The van der Waals surface area contributed by atoms with Crippen molar-refractivity contribution in [3.8, 4) is 0 Å². The maximum absolute atomic E-state index is 12.4. The Hall–Kier alpha value is -1.31. The van der Waals surface area contributed by atoms with Gasteiger partial charge in [-0.1, -0.05) is 0 Å². The van der Waals surface area contributed by atoms with Gasteiger partial charge in [0.15, 0.2) is 0 Å². The summed E-state index contributed by atoms with van der Waals surface area (Å²) in [6, 6.07) is -1.94. The molecule has 5 nitrogen and oxygen atoms in total. The predicted molar refractivity (Wildman–Crippen MR) is 62.0 cm³/mol. The number of amides is 2. The quantitative estimate of drug-likeness (QED) is 0.648. The van der Waals surface area contributed by atoms with Crippen LogP contribution in [0.4, 0.5) is 13.2 Å². The lowest BCUT2D eigenvalue weighted by Crippen LogP contribution is -2.54. The zero-order chi connectivity index (χ0) is 14.6. The largest absolute Gasteiger partial charge is 0.408 e. The van der Waals surface area contributed by atoms with Crippen LogP contribution in [0.15, 0.2) is 0 Å². The predicted octanol–water partition coefficient (Wildman–Crippen LogP) is 0.297. The van der Waals surface area contributed by atoms with Gasteiger partial charge in [0, 0.05) is 12.6 Å². The molecule has 4 N–H and O–H groups in total. The Balaban J connectivity index is 2.45. The van der Waals surface area contributed by atoms with Gasteiger partial charge in [0.2, 0.25) is 11.8 Å². The number of hydrogen-bond acceptors (Lipinski definition) is 3. The maximum atomic E-state index is 12.4. The second-order valence-corrected chi connectivity index (χ2v) is 4.79. The van der Waals surface area contributed by atoms with Gasteiger partial charge in [-0.25, -0.2) is 0 Å². The summed E-state index contributed by atoms with van der Waals surface area (Å²) in [5, 5.41) is 4.34. The molecule has 0 spiro atoms. The molecular weight excluding hydrogens is 263 g/mol. The van der Waals surface area contributed by atoms with Gasteiger partial charge in [-0.2, -0.15) is 13.2 Å². The second-order valence-electron chi connectivity index (χ2n) is 4.79. The van der Waals surface area contributed by atoms with E-state index in [1.54, 1.807) is 6.92 Å². The first-order chi connectivity index (χ1) is 8.71. The van der Waals surface area contributed by atoms with Crippen molar-refractivity contribution >= 4 is 11.8 Å². The molecule has 2 amide bonds. The van der Waals surface area contributed by atoms with E-state index in [0.29, 0.717) is 13.0 Å². The minimum absolute atomic E-state index is 0.0879. The van der Waals surface area contributed by atoms with Crippen molar-refractivity contribution in [1.82, 2.24) is 10.6 Å². The van der Waals surface area contributed by atoms with E-state index in [2.05, 4.69) is 5.32 Å². The molecule has 0 aliphatic carbocycles. The molecule has 1 aliphatic rings. The fourth-order valence-corrected chi connectivity index (χ4v) is 1.85. The number of carbonyl (C=O) groups is 2. The van der Waals surface area contributed by atoms with E-state index in [1.165, 1.54) is 0 Å². The molecular formula is C11H18F3N3O2. The highest BCUT2D eigenvalue weighted by Gasteiger charge is 2.45. The number of alkyl halides is 3. The molecule has 0 bridgehead atoms. The molecule has 1 aliphatic heterocycles. The van der Waals surface area contributed by atoms with Crippen LogP contribution in [0.1, 0.15) is 26.2 Å². The van der Waals surface area contributed by atoms with Gasteiger partial charge in [0.05, 0.1) is 0 Å². The monoisotopic (exact) mass is 281 g/mol. The molecule has 8 heteroatoms. The van der Waals surface area contributed by atoms with Gasteiger partial charge >= 0.3 is 6.18 Å². The highest BCUT2D eigenvalue weighted by atomic mass is 19.4. The van der Waals surface area contributed by atoms with Crippen molar-refractivity contribution in [2.75, 3.05) is 6.54 Å². The summed E-state index contributed by atoms with van der Waals surface area (Å²) >= 11 is 0. The molecule has 0 saturated carbocycles. The number of hydrogen-bond donors (Lipinski definition) is 3. The van der Waals surface area contributed by atoms with Gasteiger partial charge in [0.1, 0.15) is 12.0 Å². The molecule has 0 aromatic heterocycles. The molecule has 110 valence electrons. The van der Waals surface area contributed by atoms with Crippen LogP contribution in [0.5, 0.6) is 0 Å². The van der Waals surface area contributed by atoms with Crippen LogP contribution in [0, 0.1) is 5.92 Å². The number of nitrogens with two attached hydrogens (primary N) is 1. The summed E-state index contributed by atoms with van der Waals surface area (Å²) in [4.78, 5) is 23.1. The van der Waals surface area contributed by atoms with Crippen molar-refractivity contribution in [2.24, 2.45) is 11.7 Å². The molecule has 0 aromatic carbocycles. The minimum Gasteiger partial charge on any atom is -0.355 e. The molecule has 3 atom stereocenters. The topological polar surface area (TPSA) is 84.2 Å². The lowest BCUT2D eigenvalue weighted by atomic mass is 9.93. The third-order valence-corrected chi connectivity index (χ3v) is 2.99. The normalized spacial score (nSPS) is 25.6. The Labute approximate surface area is 109 Å². The summed E-state index contributed by atoms with van der Waals surface area (Å²) in [6.45, 7) is 2.08. The van der Waals surface area contributed by atoms with E-state index >= 15 is 0 Å². The van der Waals surface area contributed by atoms with E-state index in [0.717, 1.165) is 0 Å². The first-order valence-corrected chi connectivity index (χ1v) is 6.12. The third kappa shape index (κ3) is 4.70. The Morgan fingerprint density at radius 1 is 1.53 bits per heavy atom. The first-order valence-electron chi connectivity index (χ1n) is 6.12. The molecule has 1 heterocycles.